The zero-order valence-electron chi connectivity index (χ0n) is 35.3. The molecule has 0 aromatic heterocycles. The van der Waals surface area contributed by atoms with Gasteiger partial charge in [0.2, 0.25) is 0 Å². The second kappa shape index (κ2) is 30.4. The molecule has 10 heteroatoms. The number of allylic oxidation sites excluding steroid dienone is 4. The molecule has 0 saturated carbocycles. The molecule has 2 N–H and O–H groups in total. The summed E-state index contributed by atoms with van der Waals surface area (Å²) in [7, 11) is 0. The second-order valence-corrected chi connectivity index (χ2v) is 15.3. The Morgan fingerprint density at radius 1 is 0.464 bits per heavy atom. The van der Waals surface area contributed by atoms with E-state index >= 15 is 0 Å². The number of hydrogen-bond acceptors (Lipinski definition) is 2. The number of nitrogens with zero attached hydrogens (tertiary/aromatic N) is 2. The van der Waals surface area contributed by atoms with Crippen LogP contribution in [-0.4, -0.2) is 68.7 Å². The molecule has 0 bridgehead atoms. The second-order valence-electron chi connectivity index (χ2n) is 14.6. The molecule has 56 heavy (non-hydrogen) atoms. The van der Waals surface area contributed by atoms with E-state index in [0.717, 1.165) is 35.9 Å². The van der Waals surface area contributed by atoms with Crippen molar-refractivity contribution in [2.75, 3.05) is 0 Å². The fourth-order valence-electron chi connectivity index (χ4n) is 4.08. The summed E-state index contributed by atoms with van der Waals surface area (Å²) in [4.78, 5) is 6.69. The average Bonchev–Trinajstić information content (AvgIpc) is 3.14. The van der Waals surface area contributed by atoms with Gasteiger partial charge < -0.3 is 20.8 Å². The van der Waals surface area contributed by atoms with Crippen LogP contribution in [-0.2, 0) is 26.2 Å². The van der Waals surface area contributed by atoms with Gasteiger partial charge in [0.1, 0.15) is 0 Å². The van der Waals surface area contributed by atoms with Crippen molar-refractivity contribution < 1.29 is 20.2 Å². The molecule has 0 radical (unpaired) electrons. The summed E-state index contributed by atoms with van der Waals surface area (Å²) >= 11 is 12.8. The molecule has 4 aromatic carbocycles. The van der Waals surface area contributed by atoms with Crippen LogP contribution in [0.25, 0.3) is 10.6 Å². The summed E-state index contributed by atoms with van der Waals surface area (Å²) in [6.45, 7) is 20.4. The molecule has 0 heterocycles. The third kappa shape index (κ3) is 30.5. The summed E-state index contributed by atoms with van der Waals surface area (Å²) in [5.41, 5.74) is 6.91. The molecule has 0 unspecified atom stereocenters. The van der Waals surface area contributed by atoms with Crippen molar-refractivity contribution in [2.45, 2.75) is 107 Å². The van der Waals surface area contributed by atoms with Crippen LogP contribution in [0.4, 0.5) is 0 Å². The van der Waals surface area contributed by atoms with Crippen molar-refractivity contribution in [2.24, 2.45) is 0 Å². The molecule has 0 atom stereocenters. The van der Waals surface area contributed by atoms with Crippen molar-refractivity contribution in [1.82, 2.24) is 0 Å². The molecular weight excluding hydrogens is 760 g/mol. The van der Waals surface area contributed by atoms with E-state index in [4.69, 9.17) is 23.2 Å². The molecular formula is C46H60Cl2Mg2N4O2+2. The minimum Gasteiger partial charge on any atom is -0.850 e. The number of halogens is 2. The van der Waals surface area contributed by atoms with E-state index in [1.54, 1.807) is 41.5 Å². The van der Waals surface area contributed by atoms with Crippen molar-refractivity contribution in [3.8, 4) is 0 Å². The minimum absolute atomic E-state index is 0. The maximum atomic E-state index is 10.1. The number of hydrogen-bond donors (Lipinski definition) is 2. The standard InChI is InChI=1S/2C19H20ClN2.2C4H9O.2Mg/c2*1-15(21-13-17-9-5-3-6-10-17)19(20)16(2)22-14-18-11-7-4-8-12-18;2*1-4(2,3)5;;/h2*3-12H,13-14H2,1-2H3;2*1-3H3;;/q4*-1;2*+2/p+2/b2*19-15+,22-16?;;;;. The van der Waals surface area contributed by atoms with E-state index < -0.39 is 11.2 Å². The number of nitrogens with one attached hydrogen (secondary N) is 2. The topological polar surface area (TPSA) is 102 Å². The molecule has 0 spiro atoms. The van der Waals surface area contributed by atoms with Gasteiger partial charge in [-0.05, 0) is 0 Å². The number of benzene rings is 4. The molecule has 0 amide bonds. The van der Waals surface area contributed by atoms with E-state index in [0.29, 0.717) is 23.2 Å². The van der Waals surface area contributed by atoms with E-state index in [1.165, 1.54) is 22.3 Å². The Morgan fingerprint density at radius 2 is 0.679 bits per heavy atom. The van der Waals surface area contributed by atoms with Crippen molar-refractivity contribution in [3.63, 3.8) is 0 Å². The average molecular weight is 821 g/mol. The first-order chi connectivity index (χ1) is 25.3. The molecule has 292 valence electrons. The van der Waals surface area contributed by atoms with Crippen LogP contribution in [0.15, 0.2) is 143 Å². The zero-order chi connectivity index (χ0) is 40.6. The van der Waals surface area contributed by atoms with Gasteiger partial charge in [0.25, 0.3) is 0 Å². The van der Waals surface area contributed by atoms with Crippen molar-refractivity contribution >= 4 is 80.7 Å². The van der Waals surface area contributed by atoms with Gasteiger partial charge in [0.05, 0.1) is 10.1 Å². The van der Waals surface area contributed by atoms with Crippen LogP contribution in [0.5, 0.6) is 0 Å². The molecule has 6 nitrogen and oxygen atoms in total. The predicted octanol–water partition coefficient (Wildman–Crippen LogP) is 7.07. The quantitative estimate of drug-likeness (QED) is 0.118. The van der Waals surface area contributed by atoms with Crippen LogP contribution in [0.3, 0.4) is 0 Å². The van der Waals surface area contributed by atoms with E-state index in [9.17, 15) is 10.2 Å². The van der Waals surface area contributed by atoms with E-state index in [-0.39, 0.29) is 46.1 Å². The first-order valence-corrected chi connectivity index (χ1v) is 18.9. The fraction of sp³-hybridized carbons (Fsp3) is 0.348. The van der Waals surface area contributed by atoms with Crippen LogP contribution in [0, 0.1) is 0 Å². The van der Waals surface area contributed by atoms with Gasteiger partial charge >= 0.3 is 46.1 Å². The maximum Gasteiger partial charge on any atom is 2.00 e. The smallest absolute Gasteiger partial charge is 0.850 e. The number of rotatable bonds is 12. The summed E-state index contributed by atoms with van der Waals surface area (Å²) in [6.07, 6.45) is 0. The van der Waals surface area contributed by atoms with E-state index in [2.05, 4.69) is 69.1 Å². The Balaban J connectivity index is 0. The van der Waals surface area contributed by atoms with Crippen molar-refractivity contribution in [3.05, 3.63) is 176 Å². The van der Waals surface area contributed by atoms with Crippen LogP contribution in [0.2, 0.25) is 0 Å². The molecule has 0 fully saturated rings. The molecule has 4 rings (SSSR count). The monoisotopic (exact) mass is 818 g/mol. The first-order valence-electron chi connectivity index (χ1n) is 18.1. The van der Waals surface area contributed by atoms with Gasteiger partial charge in [0.15, 0.2) is 24.5 Å². The Hall–Kier alpha value is -2.67. The Kier molecular flexibility index (Phi) is 30.1. The van der Waals surface area contributed by atoms with Gasteiger partial charge in [0, 0.05) is 25.0 Å². The minimum atomic E-state index is -0.750. The molecule has 0 aliphatic rings. The van der Waals surface area contributed by atoms with Gasteiger partial charge in [-0.15, -0.1) is 35.7 Å². The van der Waals surface area contributed by atoms with Crippen LogP contribution in [0.1, 0.15) is 91.5 Å². The largest absolute Gasteiger partial charge is 2.00 e. The van der Waals surface area contributed by atoms with Gasteiger partial charge in [-0.1, -0.05) is 211 Å². The summed E-state index contributed by atoms with van der Waals surface area (Å²) in [5, 5.41) is 30.7. The molecule has 0 aliphatic heterocycles. The maximum absolute atomic E-state index is 10.1. The normalized spacial score (nSPS) is 12.2. The molecule has 4 aromatic rings. The summed E-state index contributed by atoms with van der Waals surface area (Å²) in [5.74, 6) is 0. The molecule has 0 aliphatic carbocycles. The van der Waals surface area contributed by atoms with E-state index in [1.807, 2.05) is 100 Å². The van der Waals surface area contributed by atoms with Gasteiger partial charge in [-0.25, -0.2) is 9.98 Å². The Bertz CT molecular complexity index is 1600. The Morgan fingerprint density at radius 3 is 0.911 bits per heavy atom. The van der Waals surface area contributed by atoms with Crippen LogP contribution < -0.4 is 20.2 Å². The van der Waals surface area contributed by atoms with Crippen LogP contribution >= 0.6 is 23.2 Å². The zero-order valence-corrected chi connectivity index (χ0v) is 39.6. The third-order valence-electron chi connectivity index (χ3n) is 6.78. The van der Waals surface area contributed by atoms with Gasteiger partial charge in [-0.2, -0.15) is 0 Å². The first kappa shape index (κ1) is 55.4. The van der Waals surface area contributed by atoms with Crippen molar-refractivity contribution in [1.29, 1.82) is 0 Å². The van der Waals surface area contributed by atoms with Gasteiger partial charge in [-0.3, -0.25) is 0 Å². The third-order valence-corrected chi connectivity index (χ3v) is 7.89. The molecule has 0 saturated heterocycles. The Labute approximate surface area is 380 Å². The summed E-state index contributed by atoms with van der Waals surface area (Å²) < 4.78 is 0. The summed E-state index contributed by atoms with van der Waals surface area (Å²) in [6, 6.07) is 40.8. The SMILES string of the molecule is CC(=[NH+]Cc1ccccc1)/C(Cl)=C(/C)[N-]Cc1ccccc1.CC(=[NH+]Cc1ccccc1)/C(Cl)=C(/C)[N-]Cc1ccccc1.CC(C)(C)[O-].CC(C)(C)[O-].[Mg+2].[Mg+2]. The fourth-order valence-corrected chi connectivity index (χ4v) is 4.34. The predicted molar refractivity (Wildman–Crippen MR) is 239 cm³/mol.